The molecule has 67 valence electrons. The van der Waals surface area contributed by atoms with Gasteiger partial charge in [0.25, 0.3) is 0 Å². The minimum Gasteiger partial charge on any atom is -0.352 e. The molecule has 4 nitrogen and oxygen atoms in total. The van der Waals surface area contributed by atoms with Gasteiger partial charge in [-0.15, -0.1) is 0 Å². The van der Waals surface area contributed by atoms with Gasteiger partial charge in [-0.2, -0.15) is 0 Å². The maximum atomic E-state index is 10.5. The predicted molar refractivity (Wildman–Crippen MR) is 44.2 cm³/mol. The van der Waals surface area contributed by atoms with Crippen molar-refractivity contribution < 1.29 is 9.59 Å². The van der Waals surface area contributed by atoms with E-state index in [0.29, 0.717) is 0 Å². The van der Waals surface area contributed by atoms with Crippen LogP contribution in [0.3, 0.4) is 0 Å². The van der Waals surface area contributed by atoms with Crippen molar-refractivity contribution in [1.29, 1.82) is 0 Å². The summed E-state index contributed by atoms with van der Waals surface area (Å²) in [5, 5.41) is 2.64. The van der Waals surface area contributed by atoms with E-state index >= 15 is 0 Å². The first-order valence-electron chi connectivity index (χ1n) is 4.16. The molecule has 0 bridgehead atoms. The maximum Gasteiger partial charge on any atom is 0.312 e. The Morgan fingerprint density at radius 3 is 2.33 bits per heavy atom. The Balaban J connectivity index is 2.26. The topological polar surface area (TPSA) is 72.2 Å². The zero-order valence-electron chi connectivity index (χ0n) is 6.88. The molecule has 0 saturated heterocycles. The van der Waals surface area contributed by atoms with Gasteiger partial charge in [0.05, 0.1) is 0 Å². The maximum absolute atomic E-state index is 10.5. The zero-order valence-corrected chi connectivity index (χ0v) is 6.88. The van der Waals surface area contributed by atoms with Crippen LogP contribution in [-0.4, -0.2) is 18.4 Å². The molecule has 0 atom stereocenters. The third kappa shape index (κ3) is 2.53. The Bertz CT molecular complexity index is 174. The van der Waals surface area contributed by atoms with Crippen LogP contribution in [0.2, 0.25) is 0 Å². The number of urea groups is 1. The predicted octanol–water partition coefficient (Wildman–Crippen LogP) is 0.323. The Kier molecular flexibility index (Phi) is 3.08. The van der Waals surface area contributed by atoms with Crippen LogP contribution >= 0.6 is 0 Å². The van der Waals surface area contributed by atoms with E-state index < -0.39 is 6.03 Å². The van der Waals surface area contributed by atoms with Crippen LogP contribution in [0, 0.1) is 5.92 Å². The highest BCUT2D eigenvalue weighted by atomic mass is 16.2. The molecular weight excluding hydrogens is 156 g/mol. The fourth-order valence-electron chi connectivity index (χ4n) is 1.56. The van der Waals surface area contributed by atoms with E-state index in [1.165, 1.54) is 0 Å². The van der Waals surface area contributed by atoms with E-state index in [4.69, 9.17) is 5.73 Å². The van der Waals surface area contributed by atoms with Crippen LogP contribution in [0.15, 0.2) is 0 Å². The van der Waals surface area contributed by atoms with Crippen molar-refractivity contribution in [1.82, 2.24) is 5.32 Å². The Labute approximate surface area is 71.5 Å². The van der Waals surface area contributed by atoms with E-state index in [1.54, 1.807) is 0 Å². The Morgan fingerprint density at radius 1 is 1.33 bits per heavy atom. The number of nitrogens with two attached hydrogens (primary N) is 1. The highest BCUT2D eigenvalue weighted by Gasteiger charge is 2.21. The molecule has 0 aromatic heterocycles. The van der Waals surface area contributed by atoms with Gasteiger partial charge in [0, 0.05) is 12.0 Å². The Hall–Kier alpha value is -1.06. The van der Waals surface area contributed by atoms with Crippen molar-refractivity contribution in [2.45, 2.75) is 31.7 Å². The van der Waals surface area contributed by atoms with E-state index in [9.17, 15) is 9.59 Å². The molecular formula is C8H13N2O2. The van der Waals surface area contributed by atoms with Crippen molar-refractivity contribution >= 4 is 12.3 Å². The van der Waals surface area contributed by atoms with Gasteiger partial charge in [-0.3, -0.25) is 4.79 Å². The number of carbonyl (C=O) groups excluding carboxylic acids is 2. The molecule has 1 aliphatic carbocycles. The highest BCUT2D eigenvalue weighted by molar-refractivity contribution is 5.72. The van der Waals surface area contributed by atoms with Crippen LogP contribution in [0.25, 0.3) is 0 Å². The van der Waals surface area contributed by atoms with Crippen LogP contribution in [0.5, 0.6) is 0 Å². The summed E-state index contributed by atoms with van der Waals surface area (Å²) < 4.78 is 0. The van der Waals surface area contributed by atoms with Crippen molar-refractivity contribution in [2.24, 2.45) is 11.7 Å². The molecule has 0 aromatic rings. The van der Waals surface area contributed by atoms with Crippen molar-refractivity contribution in [2.75, 3.05) is 0 Å². The van der Waals surface area contributed by atoms with E-state index in [0.717, 1.165) is 25.7 Å². The largest absolute Gasteiger partial charge is 0.352 e. The van der Waals surface area contributed by atoms with Crippen LogP contribution in [0.1, 0.15) is 25.7 Å². The molecule has 0 aliphatic heterocycles. The molecule has 1 radical (unpaired) electrons. The lowest BCUT2D eigenvalue weighted by Crippen LogP contribution is -2.40. The average Bonchev–Trinajstić information content (AvgIpc) is 2.05. The molecule has 3 N–H and O–H groups in total. The summed E-state index contributed by atoms with van der Waals surface area (Å²) in [6, 6.07) is -0.319. The fraction of sp³-hybridized carbons (Fsp3) is 0.750. The van der Waals surface area contributed by atoms with Gasteiger partial charge >= 0.3 is 6.03 Å². The molecule has 1 rings (SSSR count). The fourth-order valence-corrected chi connectivity index (χ4v) is 1.56. The van der Waals surface area contributed by atoms with Crippen molar-refractivity contribution in [3.8, 4) is 0 Å². The third-order valence-electron chi connectivity index (χ3n) is 2.24. The second kappa shape index (κ2) is 4.09. The number of primary amides is 1. The number of hydrogen-bond acceptors (Lipinski definition) is 2. The minimum absolute atomic E-state index is 0.0657. The third-order valence-corrected chi connectivity index (χ3v) is 2.24. The summed E-state index contributed by atoms with van der Waals surface area (Å²) in [5.74, 6) is 0.0657. The summed E-state index contributed by atoms with van der Waals surface area (Å²) in [4.78, 5) is 20.7. The summed E-state index contributed by atoms with van der Waals surface area (Å²) in [5.41, 5.74) is 4.96. The number of nitrogens with one attached hydrogen (secondary N) is 1. The van der Waals surface area contributed by atoms with Gasteiger partial charge in [-0.1, -0.05) is 0 Å². The lowest BCUT2D eigenvalue weighted by atomic mass is 9.87. The number of rotatable bonds is 2. The van der Waals surface area contributed by atoms with Gasteiger partial charge in [-0.25, -0.2) is 4.79 Å². The van der Waals surface area contributed by atoms with Crippen LogP contribution < -0.4 is 11.1 Å². The molecule has 4 heteroatoms. The van der Waals surface area contributed by atoms with Gasteiger partial charge < -0.3 is 11.1 Å². The Morgan fingerprint density at radius 2 is 1.92 bits per heavy atom. The van der Waals surface area contributed by atoms with Gasteiger partial charge in [0.15, 0.2) is 0 Å². The minimum atomic E-state index is -0.478. The molecule has 1 saturated carbocycles. The van der Waals surface area contributed by atoms with Crippen molar-refractivity contribution in [3.63, 3.8) is 0 Å². The number of hydrogen-bond donors (Lipinski definition) is 2. The van der Waals surface area contributed by atoms with Gasteiger partial charge in [-0.05, 0) is 25.7 Å². The first-order valence-corrected chi connectivity index (χ1v) is 4.16. The highest BCUT2D eigenvalue weighted by Crippen LogP contribution is 2.22. The zero-order chi connectivity index (χ0) is 8.97. The van der Waals surface area contributed by atoms with Gasteiger partial charge in [0.2, 0.25) is 6.29 Å². The number of carbonyl (C=O) groups is 1. The monoisotopic (exact) mass is 169 g/mol. The molecule has 0 heterocycles. The SMILES string of the molecule is NC(=O)NC1CCC([C]=O)CC1. The first-order chi connectivity index (χ1) is 5.72. The van der Waals surface area contributed by atoms with Crippen LogP contribution in [-0.2, 0) is 4.79 Å². The molecule has 0 spiro atoms. The quantitative estimate of drug-likeness (QED) is 0.625. The van der Waals surface area contributed by atoms with E-state index in [-0.39, 0.29) is 12.0 Å². The molecule has 1 aliphatic rings. The molecule has 0 unspecified atom stereocenters. The lowest BCUT2D eigenvalue weighted by molar-refractivity contribution is 0.239. The summed E-state index contributed by atoms with van der Waals surface area (Å²) in [7, 11) is 0. The first kappa shape index (κ1) is 9.03. The molecule has 0 aromatic carbocycles. The standard InChI is InChI=1S/C8H13N2O2/c9-8(12)10-7-3-1-6(5-11)2-4-7/h6-7H,1-4H2,(H3,9,10,12). The summed E-state index contributed by atoms with van der Waals surface area (Å²) in [6.45, 7) is 0. The smallest absolute Gasteiger partial charge is 0.312 e. The normalized spacial score (nSPS) is 29.3. The second-order valence-electron chi connectivity index (χ2n) is 3.17. The average molecular weight is 169 g/mol. The van der Waals surface area contributed by atoms with E-state index in [1.807, 2.05) is 6.29 Å². The molecule has 2 amide bonds. The molecule has 1 fully saturated rings. The van der Waals surface area contributed by atoms with Crippen molar-refractivity contribution in [3.05, 3.63) is 0 Å². The number of amides is 2. The lowest BCUT2D eigenvalue weighted by Gasteiger charge is -2.24. The van der Waals surface area contributed by atoms with Gasteiger partial charge in [0.1, 0.15) is 0 Å². The second-order valence-corrected chi connectivity index (χ2v) is 3.17. The molecule has 12 heavy (non-hydrogen) atoms. The van der Waals surface area contributed by atoms with E-state index in [2.05, 4.69) is 5.32 Å². The summed E-state index contributed by atoms with van der Waals surface area (Å²) in [6.07, 6.45) is 5.28. The van der Waals surface area contributed by atoms with Crippen LogP contribution in [0.4, 0.5) is 4.79 Å². The summed E-state index contributed by atoms with van der Waals surface area (Å²) >= 11 is 0.